The van der Waals surface area contributed by atoms with Crippen molar-refractivity contribution in [1.29, 1.82) is 0 Å². The average Bonchev–Trinajstić information content (AvgIpc) is 2.03. The molecule has 0 aliphatic heterocycles. The van der Waals surface area contributed by atoms with Gasteiger partial charge in [-0.25, -0.2) is 0 Å². The lowest BCUT2D eigenvalue weighted by Gasteiger charge is -2.11. The number of rotatable bonds is 2. The zero-order valence-corrected chi connectivity index (χ0v) is 8.74. The molecule has 2 heteroatoms. The van der Waals surface area contributed by atoms with Crippen LogP contribution in [0.5, 0.6) is 0 Å². The molecular formula is C12H21NO. The van der Waals surface area contributed by atoms with E-state index in [9.17, 15) is 4.79 Å². The van der Waals surface area contributed by atoms with Crippen LogP contribution >= 0.6 is 0 Å². The molecule has 0 atom stereocenters. The topological polar surface area (TPSA) is 22.0 Å². The van der Waals surface area contributed by atoms with E-state index in [1.807, 2.05) is 26.1 Å². The van der Waals surface area contributed by atoms with Crippen LogP contribution in [0.4, 0.5) is 0 Å². The van der Waals surface area contributed by atoms with Gasteiger partial charge in [-0.05, 0) is 31.4 Å². The Labute approximate surface area is 86.6 Å². The maximum atomic E-state index is 11.5. The van der Waals surface area contributed by atoms with Gasteiger partial charge >= 0.3 is 0 Å². The van der Waals surface area contributed by atoms with Crippen LogP contribution in [0.15, 0.2) is 23.1 Å². The highest BCUT2D eigenvalue weighted by Crippen LogP contribution is 2.11. The van der Waals surface area contributed by atoms with Crippen LogP contribution < -0.4 is 5.56 Å². The molecule has 0 spiro atoms. The molecule has 1 aromatic rings. The van der Waals surface area contributed by atoms with Gasteiger partial charge in [-0.15, -0.1) is 0 Å². The monoisotopic (exact) mass is 195 g/mol. The minimum atomic E-state index is 0. The molecule has 80 valence electrons. The first kappa shape index (κ1) is 12.9. The Morgan fingerprint density at radius 1 is 1.21 bits per heavy atom. The third-order valence-corrected chi connectivity index (χ3v) is 2.20. The van der Waals surface area contributed by atoms with Crippen LogP contribution in [-0.4, -0.2) is 4.57 Å². The minimum Gasteiger partial charge on any atom is -0.313 e. The normalized spacial score (nSPS) is 10.4. The van der Waals surface area contributed by atoms with Crippen LogP contribution in [0.1, 0.15) is 52.6 Å². The van der Waals surface area contributed by atoms with Gasteiger partial charge in [0.05, 0.1) is 0 Å². The van der Waals surface area contributed by atoms with Crippen LogP contribution in [0.25, 0.3) is 0 Å². The quantitative estimate of drug-likeness (QED) is 0.710. The standard InChI is InChI=1S/C11H17NO.CH4/c1-8(2)10-5-6-12(9(3)4)11(13)7-10;/h5-9H,1-4H3;1H4. The molecule has 0 saturated heterocycles. The second kappa shape index (κ2) is 4.99. The lowest BCUT2D eigenvalue weighted by atomic mass is 10.1. The van der Waals surface area contributed by atoms with E-state index >= 15 is 0 Å². The highest BCUT2D eigenvalue weighted by molar-refractivity contribution is 5.15. The van der Waals surface area contributed by atoms with Crippen molar-refractivity contribution in [3.8, 4) is 0 Å². The molecule has 0 bridgehead atoms. The molecule has 0 amide bonds. The Balaban J connectivity index is 0.00000169. The summed E-state index contributed by atoms with van der Waals surface area (Å²) in [4.78, 5) is 11.5. The summed E-state index contributed by atoms with van der Waals surface area (Å²) in [5, 5.41) is 0. The van der Waals surface area contributed by atoms with Crippen molar-refractivity contribution in [2.45, 2.75) is 47.1 Å². The molecule has 0 fully saturated rings. The van der Waals surface area contributed by atoms with E-state index in [4.69, 9.17) is 0 Å². The number of pyridine rings is 1. The predicted molar refractivity (Wildman–Crippen MR) is 61.9 cm³/mol. The van der Waals surface area contributed by atoms with Crippen molar-refractivity contribution >= 4 is 0 Å². The highest BCUT2D eigenvalue weighted by Gasteiger charge is 2.03. The summed E-state index contributed by atoms with van der Waals surface area (Å²) in [7, 11) is 0. The molecule has 0 aliphatic rings. The molecule has 1 aromatic heterocycles. The Hall–Kier alpha value is -1.05. The Morgan fingerprint density at radius 3 is 2.14 bits per heavy atom. The van der Waals surface area contributed by atoms with E-state index in [0.717, 1.165) is 5.56 Å². The van der Waals surface area contributed by atoms with E-state index in [1.54, 1.807) is 10.6 Å². The van der Waals surface area contributed by atoms with Gasteiger partial charge in [0, 0.05) is 18.3 Å². The minimum absolute atomic E-state index is 0. The van der Waals surface area contributed by atoms with E-state index in [-0.39, 0.29) is 19.0 Å². The van der Waals surface area contributed by atoms with Gasteiger partial charge in [0.2, 0.25) is 0 Å². The van der Waals surface area contributed by atoms with Crippen molar-refractivity contribution in [3.05, 3.63) is 34.2 Å². The van der Waals surface area contributed by atoms with Crippen LogP contribution in [0.3, 0.4) is 0 Å². The summed E-state index contributed by atoms with van der Waals surface area (Å²) in [6, 6.07) is 3.99. The van der Waals surface area contributed by atoms with Gasteiger partial charge in [0.25, 0.3) is 5.56 Å². The van der Waals surface area contributed by atoms with Crippen LogP contribution in [0.2, 0.25) is 0 Å². The summed E-state index contributed by atoms with van der Waals surface area (Å²) in [6.07, 6.45) is 1.88. The second-order valence-electron chi connectivity index (χ2n) is 3.95. The summed E-state index contributed by atoms with van der Waals surface area (Å²) < 4.78 is 1.74. The second-order valence-corrected chi connectivity index (χ2v) is 3.95. The van der Waals surface area contributed by atoms with Gasteiger partial charge in [0.15, 0.2) is 0 Å². The van der Waals surface area contributed by atoms with Crippen molar-refractivity contribution in [2.24, 2.45) is 0 Å². The lowest BCUT2D eigenvalue weighted by molar-refractivity contribution is 0.575. The summed E-state index contributed by atoms with van der Waals surface area (Å²) in [6.45, 7) is 8.20. The van der Waals surface area contributed by atoms with Gasteiger partial charge in [-0.3, -0.25) is 4.79 Å². The molecule has 1 rings (SSSR count). The van der Waals surface area contributed by atoms with Gasteiger partial charge in [-0.2, -0.15) is 0 Å². The largest absolute Gasteiger partial charge is 0.313 e. The smallest absolute Gasteiger partial charge is 0.251 e. The molecule has 14 heavy (non-hydrogen) atoms. The maximum Gasteiger partial charge on any atom is 0.251 e. The fourth-order valence-corrected chi connectivity index (χ4v) is 1.29. The van der Waals surface area contributed by atoms with Crippen molar-refractivity contribution in [1.82, 2.24) is 4.57 Å². The summed E-state index contributed by atoms with van der Waals surface area (Å²) >= 11 is 0. The van der Waals surface area contributed by atoms with E-state index in [0.29, 0.717) is 5.92 Å². The number of aromatic nitrogens is 1. The van der Waals surface area contributed by atoms with E-state index in [1.165, 1.54) is 0 Å². The van der Waals surface area contributed by atoms with Crippen LogP contribution in [-0.2, 0) is 0 Å². The van der Waals surface area contributed by atoms with Gasteiger partial charge < -0.3 is 4.57 Å². The molecular weight excluding hydrogens is 174 g/mol. The Bertz CT molecular complexity index is 336. The lowest BCUT2D eigenvalue weighted by Crippen LogP contribution is -2.20. The first-order valence-corrected chi connectivity index (χ1v) is 4.74. The molecule has 0 radical (unpaired) electrons. The number of nitrogens with zero attached hydrogens (tertiary/aromatic N) is 1. The SMILES string of the molecule is C.CC(C)c1ccn(C(C)C)c(=O)c1. The van der Waals surface area contributed by atoms with Crippen molar-refractivity contribution in [2.75, 3.05) is 0 Å². The Kier molecular flexibility index (Phi) is 4.61. The van der Waals surface area contributed by atoms with Crippen LogP contribution in [0, 0.1) is 0 Å². The third-order valence-electron chi connectivity index (χ3n) is 2.20. The predicted octanol–water partition coefficient (Wildman–Crippen LogP) is 3.19. The fraction of sp³-hybridized carbons (Fsp3) is 0.583. The Morgan fingerprint density at radius 2 is 1.79 bits per heavy atom. The van der Waals surface area contributed by atoms with Gasteiger partial charge in [-0.1, -0.05) is 21.3 Å². The first-order chi connectivity index (χ1) is 6.02. The zero-order valence-electron chi connectivity index (χ0n) is 8.74. The van der Waals surface area contributed by atoms with E-state index in [2.05, 4.69) is 13.8 Å². The molecule has 0 unspecified atom stereocenters. The summed E-state index contributed by atoms with van der Waals surface area (Å²) in [5.74, 6) is 0.425. The maximum absolute atomic E-state index is 11.5. The zero-order chi connectivity index (χ0) is 10.0. The average molecular weight is 195 g/mol. The van der Waals surface area contributed by atoms with Gasteiger partial charge in [0.1, 0.15) is 0 Å². The molecule has 1 heterocycles. The molecule has 2 nitrogen and oxygen atoms in total. The molecule has 0 aromatic carbocycles. The summed E-state index contributed by atoms with van der Waals surface area (Å²) in [5.41, 5.74) is 1.21. The third kappa shape index (κ3) is 2.72. The van der Waals surface area contributed by atoms with Crippen molar-refractivity contribution < 1.29 is 0 Å². The number of hydrogen-bond donors (Lipinski definition) is 0. The molecule has 0 N–H and O–H groups in total. The van der Waals surface area contributed by atoms with E-state index < -0.39 is 0 Å². The molecule has 0 aliphatic carbocycles. The first-order valence-electron chi connectivity index (χ1n) is 4.74. The highest BCUT2D eigenvalue weighted by atomic mass is 16.1. The number of hydrogen-bond acceptors (Lipinski definition) is 1. The molecule has 0 saturated carbocycles. The fourth-order valence-electron chi connectivity index (χ4n) is 1.29. The van der Waals surface area contributed by atoms with Crippen molar-refractivity contribution in [3.63, 3.8) is 0 Å².